The molecule has 0 saturated carbocycles. The van der Waals surface area contributed by atoms with Crippen molar-refractivity contribution in [3.05, 3.63) is 75.7 Å². The quantitative estimate of drug-likeness (QED) is 0.232. The molecule has 6 heterocycles. The van der Waals surface area contributed by atoms with Crippen LogP contribution in [0.3, 0.4) is 0 Å². The van der Waals surface area contributed by atoms with Gasteiger partial charge in [0.1, 0.15) is 22.3 Å². The third-order valence-corrected chi connectivity index (χ3v) is 10.0. The van der Waals surface area contributed by atoms with E-state index in [0.717, 1.165) is 78.4 Å². The Hall–Kier alpha value is -3.63. The summed E-state index contributed by atoms with van der Waals surface area (Å²) in [6.45, 7) is 11.3. The molecule has 0 aliphatic carbocycles. The number of thiazole rings is 1. The maximum absolute atomic E-state index is 14.2. The van der Waals surface area contributed by atoms with E-state index in [1.807, 2.05) is 46.0 Å². The molecule has 10 heteroatoms. The zero-order valence-electron chi connectivity index (χ0n) is 26.8. The molecule has 3 aliphatic rings. The Kier molecular flexibility index (Phi) is 8.56. The molecule has 45 heavy (non-hydrogen) atoms. The minimum Gasteiger partial charge on any atom is -0.479 e. The molecular formula is C35H42FN5O3S. The summed E-state index contributed by atoms with van der Waals surface area (Å²) in [7, 11) is 0. The normalized spacial score (nSPS) is 18.6. The van der Waals surface area contributed by atoms with Gasteiger partial charge in [-0.05, 0) is 94.9 Å². The van der Waals surface area contributed by atoms with Crippen LogP contribution in [0.2, 0.25) is 0 Å². The van der Waals surface area contributed by atoms with Gasteiger partial charge in [-0.3, -0.25) is 0 Å². The van der Waals surface area contributed by atoms with E-state index >= 15 is 0 Å². The third kappa shape index (κ3) is 6.82. The Morgan fingerprint density at radius 1 is 1.11 bits per heavy atom. The van der Waals surface area contributed by atoms with Gasteiger partial charge in [0, 0.05) is 42.3 Å². The Morgan fingerprint density at radius 3 is 2.60 bits per heavy atom. The van der Waals surface area contributed by atoms with Crippen molar-refractivity contribution in [1.29, 1.82) is 0 Å². The topological polar surface area (TPSA) is 92.8 Å². The average molecular weight is 632 g/mol. The first-order chi connectivity index (χ1) is 21.4. The second-order valence-corrected chi connectivity index (χ2v) is 14.9. The number of carbonyl (C=O) groups is 1. The summed E-state index contributed by atoms with van der Waals surface area (Å²) in [5.41, 5.74) is 4.08. The second kappa shape index (κ2) is 12.3. The number of rotatable bonds is 3. The summed E-state index contributed by atoms with van der Waals surface area (Å²) in [5, 5.41) is 16.2. The molecule has 1 aromatic carbocycles. The maximum atomic E-state index is 14.2. The van der Waals surface area contributed by atoms with Crippen molar-refractivity contribution in [3.63, 3.8) is 0 Å². The van der Waals surface area contributed by atoms with Crippen molar-refractivity contribution in [2.45, 2.75) is 91.3 Å². The van der Waals surface area contributed by atoms with Gasteiger partial charge in [0.05, 0.1) is 11.2 Å². The molecule has 0 amide bonds. The first-order valence-electron chi connectivity index (χ1n) is 15.8. The Labute approximate surface area is 268 Å². The van der Waals surface area contributed by atoms with Crippen molar-refractivity contribution in [3.8, 4) is 10.7 Å². The number of benzene rings is 1. The number of allylic oxidation sites excluding steroid dienone is 2. The molecule has 1 saturated heterocycles. The van der Waals surface area contributed by atoms with Crippen molar-refractivity contribution >= 4 is 28.8 Å². The summed E-state index contributed by atoms with van der Waals surface area (Å²) in [6.07, 6.45) is 11.5. The van der Waals surface area contributed by atoms with Gasteiger partial charge in [-0.1, -0.05) is 25.1 Å². The Balaban J connectivity index is 1.49. The van der Waals surface area contributed by atoms with E-state index in [0.29, 0.717) is 29.0 Å². The zero-order valence-corrected chi connectivity index (χ0v) is 27.6. The average Bonchev–Trinajstić information content (AvgIpc) is 3.61. The van der Waals surface area contributed by atoms with E-state index in [-0.39, 0.29) is 11.2 Å². The van der Waals surface area contributed by atoms with Gasteiger partial charge in [0.2, 0.25) is 0 Å². The number of halogens is 1. The van der Waals surface area contributed by atoms with Crippen LogP contribution in [0.5, 0.6) is 0 Å². The van der Waals surface area contributed by atoms with Crippen LogP contribution >= 0.6 is 11.3 Å². The van der Waals surface area contributed by atoms with Crippen LogP contribution in [0.4, 0.5) is 10.2 Å². The van der Waals surface area contributed by atoms with Gasteiger partial charge in [-0.15, -0.1) is 11.3 Å². The molecule has 4 aromatic rings. The molecule has 1 atom stereocenters. The maximum Gasteiger partial charge on any atom is 0.337 e. The zero-order chi connectivity index (χ0) is 31.9. The lowest BCUT2D eigenvalue weighted by molar-refractivity contribution is -0.160. The predicted octanol–water partition coefficient (Wildman–Crippen LogP) is 7.72. The number of aryl methyl sites for hydroxylation is 2. The summed E-state index contributed by atoms with van der Waals surface area (Å²) in [4.78, 5) is 25.7. The predicted molar refractivity (Wildman–Crippen MR) is 176 cm³/mol. The van der Waals surface area contributed by atoms with Crippen LogP contribution in [0.1, 0.15) is 93.2 Å². The molecule has 3 aromatic heterocycles. The van der Waals surface area contributed by atoms with Crippen LogP contribution in [-0.2, 0) is 22.4 Å². The number of aliphatic carboxylic acids is 1. The standard InChI is InChI=1S/C35H42FN5O3S/c1-22-29(30(33(42)43)44-34(2,3)4)32-40-16-14-35(5,15-17-40)13-9-7-6-8-10-23-18-25(36)12-11-24(23)19-26-21-37-31(45-26)27-20-28(38-22)41(32)39-27/h6-7,11-12,18,20-21,30H,8-10,13-17,19H2,1-5H3,(H,42,43)/b7-6+/t30-/m0/s1. The highest BCUT2D eigenvalue weighted by atomic mass is 32.1. The molecule has 0 spiro atoms. The lowest BCUT2D eigenvalue weighted by Crippen LogP contribution is -2.41. The van der Waals surface area contributed by atoms with Crippen LogP contribution in [-0.4, -0.2) is 49.3 Å². The van der Waals surface area contributed by atoms with Crippen molar-refractivity contribution < 1.29 is 19.0 Å². The number of fused-ring (bicyclic) bond motifs is 6. The van der Waals surface area contributed by atoms with E-state index in [1.165, 1.54) is 6.07 Å². The van der Waals surface area contributed by atoms with E-state index in [2.05, 4.69) is 24.0 Å². The summed E-state index contributed by atoms with van der Waals surface area (Å²) < 4.78 is 22.2. The van der Waals surface area contributed by atoms with E-state index in [1.54, 1.807) is 21.9 Å². The van der Waals surface area contributed by atoms with Gasteiger partial charge in [-0.25, -0.2) is 19.2 Å². The van der Waals surface area contributed by atoms with Gasteiger partial charge >= 0.3 is 5.97 Å². The Bertz CT molecular complexity index is 1750. The van der Waals surface area contributed by atoms with Gasteiger partial charge in [0.25, 0.3) is 0 Å². The highest BCUT2D eigenvalue weighted by Crippen LogP contribution is 2.41. The number of anilines is 1. The molecule has 1 fully saturated rings. The number of hydrogen-bond acceptors (Lipinski definition) is 7. The minimum absolute atomic E-state index is 0.166. The Morgan fingerprint density at radius 2 is 1.87 bits per heavy atom. The molecule has 238 valence electrons. The minimum atomic E-state index is -1.20. The summed E-state index contributed by atoms with van der Waals surface area (Å²) in [6, 6.07) is 7.00. The third-order valence-electron chi connectivity index (χ3n) is 9.00. The van der Waals surface area contributed by atoms with Crippen LogP contribution < -0.4 is 4.90 Å². The van der Waals surface area contributed by atoms with Crippen LogP contribution in [0, 0.1) is 18.2 Å². The smallest absolute Gasteiger partial charge is 0.337 e. The fourth-order valence-electron chi connectivity index (χ4n) is 6.53. The van der Waals surface area contributed by atoms with E-state index in [9.17, 15) is 14.3 Å². The molecule has 1 N–H and O–H groups in total. The fourth-order valence-corrected chi connectivity index (χ4v) is 7.42. The lowest BCUT2D eigenvalue weighted by atomic mass is 9.76. The van der Waals surface area contributed by atoms with Crippen LogP contribution in [0.25, 0.3) is 16.3 Å². The van der Waals surface area contributed by atoms with Gasteiger partial charge < -0.3 is 14.7 Å². The largest absolute Gasteiger partial charge is 0.479 e. The molecule has 0 radical (unpaired) electrons. The van der Waals surface area contributed by atoms with E-state index < -0.39 is 17.7 Å². The number of hydrogen-bond donors (Lipinski definition) is 1. The number of aromatic nitrogens is 4. The van der Waals surface area contributed by atoms with Crippen molar-refractivity contribution in [1.82, 2.24) is 19.6 Å². The molecular weight excluding hydrogens is 589 g/mol. The second-order valence-electron chi connectivity index (χ2n) is 13.8. The molecule has 6 bridgehead atoms. The summed E-state index contributed by atoms with van der Waals surface area (Å²) in [5.74, 6) is -0.538. The molecule has 0 unspecified atom stereocenters. The molecule has 8 nitrogen and oxygen atoms in total. The number of nitrogens with zero attached hydrogens (tertiary/aromatic N) is 5. The number of carboxylic acids is 1. The molecule has 7 rings (SSSR count). The lowest BCUT2D eigenvalue weighted by Gasteiger charge is -2.41. The number of carboxylic acid groups (broad SMARTS) is 1. The van der Waals surface area contributed by atoms with Crippen molar-refractivity contribution in [2.75, 3.05) is 18.0 Å². The SMILES string of the molecule is Cc1nc2cc3nn2c(c1[C@H](OC(C)(C)C)C(=O)O)N1CCC(C)(CC/C=C/CCc2cc(F)ccc2Cc2cnc-3s2)CC1. The highest BCUT2D eigenvalue weighted by Gasteiger charge is 2.37. The fraction of sp³-hybridized carbons (Fsp3) is 0.486. The van der Waals surface area contributed by atoms with Gasteiger partial charge in [-0.2, -0.15) is 9.61 Å². The highest BCUT2D eigenvalue weighted by molar-refractivity contribution is 7.15. The summed E-state index contributed by atoms with van der Waals surface area (Å²) >= 11 is 1.56. The first kappa shape index (κ1) is 31.4. The monoisotopic (exact) mass is 631 g/mol. The first-order valence-corrected chi connectivity index (χ1v) is 16.6. The van der Waals surface area contributed by atoms with Gasteiger partial charge in [0.15, 0.2) is 11.8 Å². The van der Waals surface area contributed by atoms with Crippen molar-refractivity contribution in [2.24, 2.45) is 5.41 Å². The molecule has 3 aliphatic heterocycles. The van der Waals surface area contributed by atoms with Crippen LogP contribution in [0.15, 0.2) is 42.6 Å². The van der Waals surface area contributed by atoms with E-state index in [4.69, 9.17) is 19.8 Å². The number of ether oxygens (including phenoxy) is 1. The number of piperidine rings is 1.